The fourth-order valence-corrected chi connectivity index (χ4v) is 3.59. The zero-order valence-corrected chi connectivity index (χ0v) is 11.1. The second kappa shape index (κ2) is 5.21. The van der Waals surface area contributed by atoms with Crippen LogP contribution in [-0.2, 0) is 11.2 Å². The van der Waals surface area contributed by atoms with Gasteiger partial charge in [-0.3, -0.25) is 4.79 Å². The van der Waals surface area contributed by atoms with Crippen LogP contribution >= 0.6 is 11.3 Å². The van der Waals surface area contributed by atoms with Crippen LogP contribution in [0, 0.1) is 5.92 Å². The predicted molar refractivity (Wildman–Crippen MR) is 76.1 cm³/mol. The first-order chi connectivity index (χ1) is 8.84. The van der Waals surface area contributed by atoms with Crippen LogP contribution < -0.4 is 5.32 Å². The summed E-state index contributed by atoms with van der Waals surface area (Å²) in [5.74, 6) is 0.614. The number of ketones is 1. The highest BCUT2D eigenvalue weighted by Crippen LogP contribution is 2.27. The highest BCUT2D eigenvalue weighted by molar-refractivity contribution is 7.17. The van der Waals surface area contributed by atoms with Crippen LogP contribution in [0.1, 0.15) is 18.4 Å². The Morgan fingerprint density at radius 2 is 2.28 bits per heavy atom. The fraction of sp³-hybridized carbons (Fsp3) is 0.400. The van der Waals surface area contributed by atoms with Crippen molar-refractivity contribution in [3.8, 4) is 0 Å². The van der Waals surface area contributed by atoms with Crippen LogP contribution in [0.2, 0.25) is 0 Å². The van der Waals surface area contributed by atoms with Crippen molar-refractivity contribution in [2.45, 2.75) is 19.3 Å². The molecule has 2 aromatic rings. The zero-order chi connectivity index (χ0) is 12.4. The molecule has 1 aliphatic heterocycles. The summed E-state index contributed by atoms with van der Waals surface area (Å²) >= 11 is 1.73. The van der Waals surface area contributed by atoms with Gasteiger partial charge in [0, 0.05) is 23.6 Å². The molecule has 0 amide bonds. The Morgan fingerprint density at radius 1 is 1.39 bits per heavy atom. The van der Waals surface area contributed by atoms with Gasteiger partial charge in [-0.2, -0.15) is 0 Å². The molecular formula is C15H17NOS. The summed E-state index contributed by atoms with van der Waals surface area (Å²) in [6, 6.07) is 8.34. The van der Waals surface area contributed by atoms with Crippen molar-refractivity contribution < 1.29 is 4.79 Å². The van der Waals surface area contributed by atoms with Crippen molar-refractivity contribution in [3.63, 3.8) is 0 Å². The average Bonchev–Trinajstić information content (AvgIpc) is 2.83. The van der Waals surface area contributed by atoms with Gasteiger partial charge in [-0.15, -0.1) is 11.3 Å². The molecule has 0 spiro atoms. The van der Waals surface area contributed by atoms with Gasteiger partial charge in [0.25, 0.3) is 0 Å². The third kappa shape index (κ3) is 2.33. The Labute approximate surface area is 111 Å². The van der Waals surface area contributed by atoms with Gasteiger partial charge in [0.05, 0.1) is 0 Å². The smallest absolute Gasteiger partial charge is 0.141 e. The minimum absolute atomic E-state index is 0.220. The molecule has 1 aliphatic rings. The number of benzene rings is 1. The van der Waals surface area contributed by atoms with E-state index in [1.54, 1.807) is 11.3 Å². The quantitative estimate of drug-likeness (QED) is 0.918. The monoisotopic (exact) mass is 259 g/mol. The van der Waals surface area contributed by atoms with Crippen molar-refractivity contribution in [1.29, 1.82) is 0 Å². The standard InChI is InChI=1S/C15H17NOS/c17-14(11-4-3-7-16-9-11)8-12-10-18-15-6-2-1-5-13(12)15/h1-2,5-6,10-11,16H,3-4,7-9H2. The maximum atomic E-state index is 12.3. The van der Waals surface area contributed by atoms with Gasteiger partial charge in [-0.25, -0.2) is 0 Å². The van der Waals surface area contributed by atoms with Crippen molar-refractivity contribution in [2.24, 2.45) is 5.92 Å². The highest BCUT2D eigenvalue weighted by atomic mass is 32.1. The number of rotatable bonds is 3. The number of carbonyl (C=O) groups is 1. The normalized spacial score (nSPS) is 20.1. The van der Waals surface area contributed by atoms with E-state index in [1.807, 2.05) is 6.07 Å². The van der Waals surface area contributed by atoms with E-state index in [9.17, 15) is 4.79 Å². The van der Waals surface area contributed by atoms with Crippen molar-refractivity contribution >= 4 is 27.2 Å². The van der Waals surface area contributed by atoms with Gasteiger partial charge in [0.1, 0.15) is 5.78 Å². The van der Waals surface area contributed by atoms with E-state index < -0.39 is 0 Å². The highest BCUT2D eigenvalue weighted by Gasteiger charge is 2.21. The molecule has 18 heavy (non-hydrogen) atoms. The summed E-state index contributed by atoms with van der Waals surface area (Å²) < 4.78 is 1.28. The van der Waals surface area contributed by atoms with Crippen LogP contribution in [0.15, 0.2) is 29.6 Å². The lowest BCUT2D eigenvalue weighted by atomic mass is 9.91. The maximum Gasteiger partial charge on any atom is 0.141 e. The molecule has 1 atom stereocenters. The van der Waals surface area contributed by atoms with E-state index in [4.69, 9.17) is 0 Å². The minimum atomic E-state index is 0.220. The fourth-order valence-electron chi connectivity index (χ4n) is 2.63. The summed E-state index contributed by atoms with van der Waals surface area (Å²) in [4.78, 5) is 12.3. The molecule has 0 bridgehead atoms. The van der Waals surface area contributed by atoms with E-state index in [1.165, 1.54) is 15.6 Å². The lowest BCUT2D eigenvalue weighted by Gasteiger charge is -2.21. The Hall–Kier alpha value is -1.19. The minimum Gasteiger partial charge on any atom is -0.316 e. The lowest BCUT2D eigenvalue weighted by Crippen LogP contribution is -2.35. The topological polar surface area (TPSA) is 29.1 Å². The molecule has 0 radical (unpaired) electrons. The van der Waals surface area contributed by atoms with E-state index in [-0.39, 0.29) is 5.92 Å². The SMILES string of the molecule is O=C(Cc1csc2ccccc12)C1CCCNC1. The maximum absolute atomic E-state index is 12.3. The van der Waals surface area contributed by atoms with E-state index >= 15 is 0 Å². The predicted octanol–water partition coefficient (Wildman–Crippen LogP) is 3.01. The van der Waals surface area contributed by atoms with Gasteiger partial charge in [0.15, 0.2) is 0 Å². The largest absolute Gasteiger partial charge is 0.316 e. The molecule has 0 aliphatic carbocycles. The molecule has 2 heterocycles. The summed E-state index contributed by atoms with van der Waals surface area (Å²) in [6.07, 6.45) is 2.77. The molecule has 1 aromatic heterocycles. The first kappa shape index (κ1) is 11.9. The third-order valence-electron chi connectivity index (χ3n) is 3.68. The van der Waals surface area contributed by atoms with Crippen LogP contribution in [0.3, 0.4) is 0 Å². The third-order valence-corrected chi connectivity index (χ3v) is 4.69. The number of nitrogens with one attached hydrogen (secondary N) is 1. The number of carbonyl (C=O) groups excluding carboxylic acids is 1. The van der Waals surface area contributed by atoms with Crippen molar-refractivity contribution in [1.82, 2.24) is 5.32 Å². The summed E-state index contributed by atoms with van der Waals surface area (Å²) in [5, 5.41) is 6.70. The lowest BCUT2D eigenvalue weighted by molar-refractivity contribution is -0.122. The average molecular weight is 259 g/mol. The zero-order valence-electron chi connectivity index (χ0n) is 10.3. The van der Waals surface area contributed by atoms with Gasteiger partial charge >= 0.3 is 0 Å². The van der Waals surface area contributed by atoms with E-state index in [0.717, 1.165) is 25.9 Å². The van der Waals surface area contributed by atoms with Crippen molar-refractivity contribution in [2.75, 3.05) is 13.1 Å². The molecule has 1 fully saturated rings. The number of hydrogen-bond acceptors (Lipinski definition) is 3. The Balaban J connectivity index is 1.77. The number of fused-ring (bicyclic) bond motifs is 1. The summed E-state index contributed by atoms with van der Waals surface area (Å²) in [7, 11) is 0. The number of Topliss-reactive ketones (excluding diaryl/α,β-unsaturated/α-hetero) is 1. The Bertz CT molecular complexity index is 554. The summed E-state index contributed by atoms with van der Waals surface area (Å²) in [6.45, 7) is 1.92. The van der Waals surface area contributed by atoms with Crippen LogP contribution in [0.25, 0.3) is 10.1 Å². The van der Waals surface area contributed by atoms with Crippen molar-refractivity contribution in [3.05, 3.63) is 35.2 Å². The first-order valence-electron chi connectivity index (χ1n) is 6.53. The number of thiophene rings is 1. The second-order valence-electron chi connectivity index (χ2n) is 4.94. The molecule has 3 rings (SSSR count). The molecule has 1 N–H and O–H groups in total. The summed E-state index contributed by atoms with van der Waals surface area (Å²) in [5.41, 5.74) is 1.20. The molecule has 2 nitrogen and oxygen atoms in total. The van der Waals surface area contributed by atoms with Crippen LogP contribution in [0.4, 0.5) is 0 Å². The number of piperidine rings is 1. The van der Waals surface area contributed by atoms with Gasteiger partial charge in [-0.05, 0) is 41.8 Å². The molecule has 1 unspecified atom stereocenters. The van der Waals surface area contributed by atoms with E-state index in [0.29, 0.717) is 12.2 Å². The molecule has 0 saturated carbocycles. The molecular weight excluding hydrogens is 242 g/mol. The molecule has 1 saturated heterocycles. The Kier molecular flexibility index (Phi) is 3.43. The van der Waals surface area contributed by atoms with Gasteiger partial charge in [-0.1, -0.05) is 18.2 Å². The first-order valence-corrected chi connectivity index (χ1v) is 7.41. The molecule has 1 aromatic carbocycles. The Morgan fingerprint density at radius 3 is 3.11 bits per heavy atom. The van der Waals surface area contributed by atoms with E-state index in [2.05, 4.69) is 28.9 Å². The van der Waals surface area contributed by atoms with Gasteiger partial charge < -0.3 is 5.32 Å². The van der Waals surface area contributed by atoms with Gasteiger partial charge in [0.2, 0.25) is 0 Å². The van der Waals surface area contributed by atoms with Crippen LogP contribution in [0.5, 0.6) is 0 Å². The molecule has 3 heteroatoms. The molecule has 94 valence electrons. The number of hydrogen-bond donors (Lipinski definition) is 1. The van der Waals surface area contributed by atoms with Crippen LogP contribution in [-0.4, -0.2) is 18.9 Å². The second-order valence-corrected chi connectivity index (χ2v) is 5.85.